The molecule has 0 saturated carbocycles. The smallest absolute Gasteiger partial charge is 0.165 e. The molecular weight excluding hydrogens is 292 g/mol. The molecule has 112 valence electrons. The zero-order valence-corrected chi connectivity index (χ0v) is 12.0. The van der Waals surface area contributed by atoms with Crippen LogP contribution < -0.4 is 0 Å². The fourth-order valence-electron chi connectivity index (χ4n) is 2.52. The van der Waals surface area contributed by atoms with Crippen LogP contribution in [0.2, 0.25) is 0 Å². The molecule has 23 heavy (non-hydrogen) atoms. The summed E-state index contributed by atoms with van der Waals surface area (Å²) in [4.78, 5) is 8.78. The second kappa shape index (κ2) is 5.10. The number of benzene rings is 1. The monoisotopic (exact) mass is 304 g/mol. The predicted octanol–water partition coefficient (Wildman–Crippen LogP) is 2.87. The number of rotatable bonds is 2. The predicted molar refractivity (Wildman–Crippen MR) is 85.0 cm³/mol. The maximum absolute atomic E-state index is 10.1. The number of hydrogen-bond donors (Lipinski definition) is 2. The molecular formula is C17H12N4O2. The fraction of sp³-hybridized carbons (Fsp3) is 0. The van der Waals surface area contributed by atoms with Gasteiger partial charge in [-0.05, 0) is 36.4 Å². The lowest BCUT2D eigenvalue weighted by Gasteiger charge is -2.02. The van der Waals surface area contributed by atoms with Crippen LogP contribution in [0.15, 0.2) is 60.9 Å². The van der Waals surface area contributed by atoms with Gasteiger partial charge < -0.3 is 10.2 Å². The number of imidazole rings is 1. The summed E-state index contributed by atoms with van der Waals surface area (Å²) in [7, 11) is 0. The minimum absolute atomic E-state index is 0.0418. The normalized spacial score (nSPS) is 11.0. The molecule has 0 spiro atoms. The number of nitrogens with zero attached hydrogens (tertiary/aromatic N) is 4. The summed E-state index contributed by atoms with van der Waals surface area (Å²) in [5, 5.41) is 24.5. The van der Waals surface area contributed by atoms with E-state index in [4.69, 9.17) is 0 Å². The highest BCUT2D eigenvalue weighted by atomic mass is 16.3. The second-order valence-electron chi connectivity index (χ2n) is 4.99. The Hall–Kier alpha value is -3.41. The van der Waals surface area contributed by atoms with Gasteiger partial charge in [0.25, 0.3) is 0 Å². The van der Waals surface area contributed by atoms with Crippen molar-refractivity contribution in [2.75, 3.05) is 0 Å². The number of aromatic nitrogens is 4. The van der Waals surface area contributed by atoms with E-state index in [0.717, 1.165) is 0 Å². The first-order valence-electron chi connectivity index (χ1n) is 7.02. The van der Waals surface area contributed by atoms with Crippen molar-refractivity contribution < 1.29 is 10.2 Å². The number of fused-ring (bicyclic) bond motifs is 1. The van der Waals surface area contributed by atoms with Gasteiger partial charge in [-0.15, -0.1) is 0 Å². The number of aromatic hydroxyl groups is 2. The molecule has 0 unspecified atom stereocenters. The quantitative estimate of drug-likeness (QED) is 0.595. The zero-order chi connectivity index (χ0) is 15.8. The molecule has 0 aliphatic carbocycles. The summed E-state index contributed by atoms with van der Waals surface area (Å²) >= 11 is 0. The SMILES string of the molecule is Oc1ccccc1-c1nc(-c2ncccc2O)c2cccnn12. The van der Waals surface area contributed by atoms with Gasteiger partial charge in [-0.1, -0.05) is 12.1 Å². The van der Waals surface area contributed by atoms with Crippen molar-refractivity contribution in [1.82, 2.24) is 19.6 Å². The fourth-order valence-corrected chi connectivity index (χ4v) is 2.52. The molecule has 4 aromatic rings. The van der Waals surface area contributed by atoms with E-state index in [9.17, 15) is 10.2 Å². The topological polar surface area (TPSA) is 83.5 Å². The molecule has 0 aliphatic rings. The highest BCUT2D eigenvalue weighted by Gasteiger charge is 2.19. The van der Waals surface area contributed by atoms with Crippen LogP contribution in [0.5, 0.6) is 11.5 Å². The number of pyridine rings is 1. The first-order chi connectivity index (χ1) is 11.3. The summed E-state index contributed by atoms with van der Waals surface area (Å²) in [5.74, 6) is 0.640. The van der Waals surface area contributed by atoms with Gasteiger partial charge >= 0.3 is 0 Å². The zero-order valence-electron chi connectivity index (χ0n) is 12.0. The van der Waals surface area contributed by atoms with Gasteiger partial charge in [-0.2, -0.15) is 5.10 Å². The second-order valence-corrected chi connectivity index (χ2v) is 4.99. The van der Waals surface area contributed by atoms with Crippen LogP contribution in [0.3, 0.4) is 0 Å². The lowest BCUT2D eigenvalue weighted by molar-refractivity contribution is 0.475. The number of hydrogen-bond acceptors (Lipinski definition) is 5. The van der Waals surface area contributed by atoms with Gasteiger partial charge in [-0.3, -0.25) is 4.98 Å². The van der Waals surface area contributed by atoms with Crippen LogP contribution in [0, 0.1) is 0 Å². The molecule has 4 rings (SSSR count). The third-order valence-corrected chi connectivity index (χ3v) is 3.57. The molecule has 0 amide bonds. The summed E-state index contributed by atoms with van der Waals surface area (Å²) in [5.41, 5.74) is 2.14. The Labute approximate surface area is 131 Å². The van der Waals surface area contributed by atoms with Crippen LogP contribution in [0.4, 0.5) is 0 Å². The van der Waals surface area contributed by atoms with Crippen molar-refractivity contribution in [3.05, 3.63) is 60.9 Å². The Morgan fingerprint density at radius 1 is 0.783 bits per heavy atom. The average molecular weight is 304 g/mol. The summed E-state index contributed by atoms with van der Waals surface area (Å²) in [6, 6.07) is 13.8. The summed E-state index contributed by atoms with van der Waals surface area (Å²) in [6.45, 7) is 0. The van der Waals surface area contributed by atoms with E-state index in [2.05, 4.69) is 15.1 Å². The summed E-state index contributed by atoms with van der Waals surface area (Å²) < 4.78 is 1.62. The van der Waals surface area contributed by atoms with Gasteiger partial charge in [0.15, 0.2) is 5.82 Å². The van der Waals surface area contributed by atoms with Crippen LogP contribution in [-0.2, 0) is 0 Å². The number of phenols is 1. The Bertz CT molecular complexity index is 931. The molecule has 0 bridgehead atoms. The van der Waals surface area contributed by atoms with E-state index < -0.39 is 0 Å². The standard InChI is InChI=1S/C17H12N4O2/c22-13-7-2-1-5-11(13)17-20-15(12-6-3-10-19-21(12)17)16-14(23)8-4-9-18-16/h1-10,22-23H. The van der Waals surface area contributed by atoms with E-state index in [1.165, 1.54) is 0 Å². The van der Waals surface area contributed by atoms with Gasteiger partial charge in [0.1, 0.15) is 22.9 Å². The Balaban J connectivity index is 2.06. The van der Waals surface area contributed by atoms with Gasteiger partial charge in [-0.25, -0.2) is 9.50 Å². The molecule has 0 atom stereocenters. The van der Waals surface area contributed by atoms with E-state index in [1.54, 1.807) is 53.3 Å². The van der Waals surface area contributed by atoms with E-state index in [1.807, 2.05) is 12.1 Å². The lowest BCUT2D eigenvalue weighted by Crippen LogP contribution is -1.93. The first kappa shape index (κ1) is 13.3. The van der Waals surface area contributed by atoms with Crippen LogP contribution in [0.1, 0.15) is 0 Å². The van der Waals surface area contributed by atoms with E-state index >= 15 is 0 Å². The van der Waals surface area contributed by atoms with Gasteiger partial charge in [0.05, 0.1) is 11.1 Å². The minimum Gasteiger partial charge on any atom is -0.507 e. The van der Waals surface area contributed by atoms with Gasteiger partial charge in [0, 0.05) is 12.4 Å². The Kier molecular flexibility index (Phi) is 2.94. The molecule has 3 heterocycles. The molecule has 1 aromatic carbocycles. The highest BCUT2D eigenvalue weighted by Crippen LogP contribution is 2.34. The third-order valence-electron chi connectivity index (χ3n) is 3.57. The number of phenolic OH excluding ortho intramolecular Hbond substituents is 1. The van der Waals surface area contributed by atoms with Crippen molar-refractivity contribution in [2.45, 2.75) is 0 Å². The average Bonchev–Trinajstić information content (AvgIpc) is 2.95. The molecule has 6 heteroatoms. The largest absolute Gasteiger partial charge is 0.507 e. The van der Waals surface area contributed by atoms with Crippen molar-refractivity contribution in [3.8, 4) is 34.3 Å². The molecule has 0 aliphatic heterocycles. The van der Waals surface area contributed by atoms with Crippen molar-refractivity contribution in [3.63, 3.8) is 0 Å². The van der Waals surface area contributed by atoms with Crippen molar-refractivity contribution in [1.29, 1.82) is 0 Å². The molecule has 3 aromatic heterocycles. The van der Waals surface area contributed by atoms with E-state index in [-0.39, 0.29) is 11.5 Å². The minimum atomic E-state index is 0.0418. The maximum Gasteiger partial charge on any atom is 0.165 e. The van der Waals surface area contributed by atoms with E-state index in [0.29, 0.717) is 28.3 Å². The van der Waals surface area contributed by atoms with Crippen LogP contribution in [0.25, 0.3) is 28.3 Å². The number of para-hydroxylation sites is 1. The van der Waals surface area contributed by atoms with Crippen LogP contribution >= 0.6 is 0 Å². The third kappa shape index (κ3) is 2.08. The van der Waals surface area contributed by atoms with Crippen molar-refractivity contribution >= 4 is 5.52 Å². The maximum atomic E-state index is 10.1. The lowest BCUT2D eigenvalue weighted by atomic mass is 10.2. The van der Waals surface area contributed by atoms with Gasteiger partial charge in [0.2, 0.25) is 0 Å². The molecule has 0 radical (unpaired) electrons. The highest BCUT2D eigenvalue weighted by molar-refractivity contribution is 5.82. The van der Waals surface area contributed by atoms with Crippen LogP contribution in [-0.4, -0.2) is 29.8 Å². The molecule has 6 nitrogen and oxygen atoms in total. The Morgan fingerprint density at radius 3 is 2.39 bits per heavy atom. The molecule has 0 saturated heterocycles. The molecule has 2 N–H and O–H groups in total. The molecule has 0 fully saturated rings. The van der Waals surface area contributed by atoms with Crippen molar-refractivity contribution in [2.24, 2.45) is 0 Å². The first-order valence-corrected chi connectivity index (χ1v) is 7.02. The summed E-state index contributed by atoms with van der Waals surface area (Å²) in [6.07, 6.45) is 3.23. The Morgan fingerprint density at radius 2 is 1.57 bits per heavy atom.